The number of likely N-dealkylation sites (tertiary alicyclic amines) is 1. The number of hydrogen-bond donors (Lipinski definition) is 1. The van der Waals surface area contributed by atoms with Gasteiger partial charge in [-0.15, -0.1) is 0 Å². The second kappa shape index (κ2) is 6.58. The summed E-state index contributed by atoms with van der Waals surface area (Å²) in [6.07, 6.45) is 2.91. The third kappa shape index (κ3) is 5.83. The summed E-state index contributed by atoms with van der Waals surface area (Å²) in [5, 5.41) is 9.96. The Kier molecular flexibility index (Phi) is 5.73. The van der Waals surface area contributed by atoms with Crippen LogP contribution in [0.3, 0.4) is 0 Å². The van der Waals surface area contributed by atoms with Crippen molar-refractivity contribution in [1.82, 2.24) is 4.90 Å². The van der Waals surface area contributed by atoms with Crippen molar-refractivity contribution in [3.05, 3.63) is 0 Å². The van der Waals surface area contributed by atoms with Gasteiger partial charge in [-0.1, -0.05) is 13.8 Å². The molecule has 3 heteroatoms. The SMILES string of the molecule is CC(C)COCCN1CCCC(C)(O)CC1. The highest BCUT2D eigenvalue weighted by Crippen LogP contribution is 2.20. The lowest BCUT2D eigenvalue weighted by Gasteiger charge is -2.22. The van der Waals surface area contributed by atoms with Gasteiger partial charge in [0, 0.05) is 19.7 Å². The molecule has 1 atom stereocenters. The Bertz CT molecular complexity index is 192. The molecule has 1 rings (SSSR count). The summed E-state index contributed by atoms with van der Waals surface area (Å²) >= 11 is 0. The minimum atomic E-state index is -0.451. The van der Waals surface area contributed by atoms with Crippen molar-refractivity contribution in [3.63, 3.8) is 0 Å². The Labute approximate surface area is 99.8 Å². The van der Waals surface area contributed by atoms with Crippen LogP contribution < -0.4 is 0 Å². The van der Waals surface area contributed by atoms with E-state index in [-0.39, 0.29) is 0 Å². The molecule has 0 spiro atoms. The van der Waals surface area contributed by atoms with E-state index in [0.29, 0.717) is 5.92 Å². The molecule has 0 saturated carbocycles. The first-order valence-electron chi connectivity index (χ1n) is 6.52. The van der Waals surface area contributed by atoms with Gasteiger partial charge in [-0.25, -0.2) is 0 Å². The molecule has 1 aliphatic heterocycles. The van der Waals surface area contributed by atoms with Crippen LogP contribution in [-0.4, -0.2) is 48.5 Å². The normalized spacial score (nSPS) is 28.3. The number of ether oxygens (including phenoxy) is 1. The van der Waals surface area contributed by atoms with Gasteiger partial charge in [0.15, 0.2) is 0 Å². The Morgan fingerprint density at radius 1 is 1.31 bits per heavy atom. The van der Waals surface area contributed by atoms with Gasteiger partial charge in [0.05, 0.1) is 12.2 Å². The van der Waals surface area contributed by atoms with E-state index in [1.165, 1.54) is 0 Å². The van der Waals surface area contributed by atoms with E-state index >= 15 is 0 Å². The van der Waals surface area contributed by atoms with Crippen molar-refractivity contribution in [3.8, 4) is 0 Å². The van der Waals surface area contributed by atoms with Gasteiger partial charge in [0.2, 0.25) is 0 Å². The van der Waals surface area contributed by atoms with E-state index in [1.54, 1.807) is 0 Å². The third-order valence-corrected chi connectivity index (χ3v) is 3.16. The first kappa shape index (κ1) is 13.9. The Balaban J connectivity index is 2.13. The van der Waals surface area contributed by atoms with Gasteiger partial charge in [0.25, 0.3) is 0 Å². The van der Waals surface area contributed by atoms with Crippen LogP contribution in [0.1, 0.15) is 40.0 Å². The topological polar surface area (TPSA) is 32.7 Å². The summed E-state index contributed by atoms with van der Waals surface area (Å²) in [7, 11) is 0. The molecule has 1 heterocycles. The quantitative estimate of drug-likeness (QED) is 0.731. The van der Waals surface area contributed by atoms with Crippen molar-refractivity contribution in [1.29, 1.82) is 0 Å². The highest BCUT2D eigenvalue weighted by molar-refractivity contribution is 4.78. The Morgan fingerprint density at radius 3 is 2.75 bits per heavy atom. The predicted molar refractivity (Wildman–Crippen MR) is 66.6 cm³/mol. The molecule has 0 aromatic heterocycles. The van der Waals surface area contributed by atoms with Crippen molar-refractivity contribution >= 4 is 0 Å². The number of aliphatic hydroxyl groups is 1. The van der Waals surface area contributed by atoms with Gasteiger partial charge < -0.3 is 14.7 Å². The Hall–Kier alpha value is -0.120. The van der Waals surface area contributed by atoms with Crippen molar-refractivity contribution in [2.75, 3.05) is 32.8 Å². The molecule has 1 aliphatic rings. The number of nitrogens with zero attached hydrogens (tertiary/aromatic N) is 1. The number of rotatable bonds is 5. The first-order valence-corrected chi connectivity index (χ1v) is 6.52. The van der Waals surface area contributed by atoms with E-state index in [2.05, 4.69) is 18.7 Å². The van der Waals surface area contributed by atoms with Crippen LogP contribution in [0, 0.1) is 5.92 Å². The zero-order valence-electron chi connectivity index (χ0n) is 11.0. The summed E-state index contributed by atoms with van der Waals surface area (Å²) in [6, 6.07) is 0. The zero-order valence-corrected chi connectivity index (χ0v) is 11.0. The molecule has 1 fully saturated rings. The van der Waals surface area contributed by atoms with Crippen LogP contribution in [0.15, 0.2) is 0 Å². The monoisotopic (exact) mass is 229 g/mol. The molecule has 16 heavy (non-hydrogen) atoms. The van der Waals surface area contributed by atoms with E-state index < -0.39 is 5.60 Å². The molecule has 1 unspecified atom stereocenters. The lowest BCUT2D eigenvalue weighted by atomic mass is 9.98. The predicted octanol–water partition coefficient (Wildman–Crippen LogP) is 1.90. The van der Waals surface area contributed by atoms with Gasteiger partial charge in [-0.3, -0.25) is 0 Å². The minimum Gasteiger partial charge on any atom is -0.390 e. The molecule has 0 aromatic rings. The van der Waals surface area contributed by atoms with Crippen LogP contribution >= 0.6 is 0 Å². The molecule has 0 aromatic carbocycles. The van der Waals surface area contributed by atoms with Gasteiger partial charge in [0.1, 0.15) is 0 Å². The first-order chi connectivity index (χ1) is 7.49. The van der Waals surface area contributed by atoms with Crippen LogP contribution in [0.2, 0.25) is 0 Å². The van der Waals surface area contributed by atoms with E-state index in [9.17, 15) is 5.11 Å². The fourth-order valence-electron chi connectivity index (χ4n) is 2.06. The van der Waals surface area contributed by atoms with Gasteiger partial charge in [-0.2, -0.15) is 0 Å². The summed E-state index contributed by atoms with van der Waals surface area (Å²) in [5.41, 5.74) is -0.451. The molecule has 1 N–H and O–H groups in total. The molecule has 1 saturated heterocycles. The maximum absolute atomic E-state index is 9.96. The molecule has 96 valence electrons. The van der Waals surface area contributed by atoms with E-state index in [4.69, 9.17) is 4.74 Å². The van der Waals surface area contributed by atoms with Crippen molar-refractivity contribution in [2.24, 2.45) is 5.92 Å². The van der Waals surface area contributed by atoms with E-state index in [0.717, 1.165) is 52.1 Å². The zero-order chi connectivity index (χ0) is 12.0. The summed E-state index contributed by atoms with van der Waals surface area (Å²) in [4.78, 5) is 2.40. The second-order valence-electron chi connectivity index (χ2n) is 5.66. The fraction of sp³-hybridized carbons (Fsp3) is 1.00. The van der Waals surface area contributed by atoms with Crippen LogP contribution in [0.5, 0.6) is 0 Å². The molecule has 0 bridgehead atoms. The van der Waals surface area contributed by atoms with Crippen molar-refractivity contribution in [2.45, 2.75) is 45.6 Å². The molecule has 0 radical (unpaired) electrons. The average Bonchev–Trinajstić information content (AvgIpc) is 2.34. The molecule has 0 aliphatic carbocycles. The minimum absolute atomic E-state index is 0.451. The smallest absolute Gasteiger partial charge is 0.0632 e. The standard InChI is InChI=1S/C13H27NO2/c1-12(2)11-16-10-9-14-7-4-5-13(3,15)6-8-14/h12,15H,4-11H2,1-3H3. The molecule has 3 nitrogen and oxygen atoms in total. The highest BCUT2D eigenvalue weighted by Gasteiger charge is 2.24. The fourth-order valence-corrected chi connectivity index (χ4v) is 2.06. The van der Waals surface area contributed by atoms with Gasteiger partial charge >= 0.3 is 0 Å². The summed E-state index contributed by atoms with van der Waals surface area (Å²) in [6.45, 7) is 11.1. The highest BCUT2D eigenvalue weighted by atomic mass is 16.5. The lowest BCUT2D eigenvalue weighted by molar-refractivity contribution is 0.0421. The molecular formula is C13H27NO2. The molecule has 0 amide bonds. The second-order valence-corrected chi connectivity index (χ2v) is 5.66. The summed E-state index contributed by atoms with van der Waals surface area (Å²) in [5.74, 6) is 0.616. The Morgan fingerprint density at radius 2 is 2.06 bits per heavy atom. The number of hydrogen-bond acceptors (Lipinski definition) is 3. The largest absolute Gasteiger partial charge is 0.390 e. The van der Waals surface area contributed by atoms with E-state index in [1.807, 2.05) is 6.92 Å². The van der Waals surface area contributed by atoms with Crippen LogP contribution in [0.4, 0.5) is 0 Å². The maximum Gasteiger partial charge on any atom is 0.0632 e. The van der Waals surface area contributed by atoms with Crippen molar-refractivity contribution < 1.29 is 9.84 Å². The maximum atomic E-state index is 9.96. The van der Waals surface area contributed by atoms with Crippen LogP contribution in [-0.2, 0) is 4.74 Å². The van der Waals surface area contributed by atoms with Gasteiger partial charge in [-0.05, 0) is 38.6 Å². The summed E-state index contributed by atoms with van der Waals surface area (Å²) < 4.78 is 5.59. The third-order valence-electron chi connectivity index (χ3n) is 3.16. The van der Waals surface area contributed by atoms with Crippen LogP contribution in [0.25, 0.3) is 0 Å². The lowest BCUT2D eigenvalue weighted by Crippen LogP contribution is -2.31. The average molecular weight is 229 g/mol. The molecular weight excluding hydrogens is 202 g/mol.